The van der Waals surface area contributed by atoms with Gasteiger partial charge in [0.2, 0.25) is 0 Å². The van der Waals surface area contributed by atoms with Crippen molar-refractivity contribution in [2.24, 2.45) is 14.1 Å². The molecule has 0 radical (unpaired) electrons. The maximum Gasteiger partial charge on any atom is 0.332 e. The zero-order valence-electron chi connectivity index (χ0n) is 16.7. The first-order valence-electron chi connectivity index (χ1n) is 9.53. The molecule has 2 aliphatic rings. The van der Waals surface area contributed by atoms with Gasteiger partial charge in [0.05, 0.1) is 24.3 Å². The number of aromatic nitrogens is 2. The van der Waals surface area contributed by atoms with Crippen LogP contribution >= 0.6 is 0 Å². The van der Waals surface area contributed by atoms with Gasteiger partial charge in [-0.1, -0.05) is 42.5 Å². The molecule has 1 aliphatic carbocycles. The van der Waals surface area contributed by atoms with Gasteiger partial charge in [0.15, 0.2) is 5.78 Å². The van der Waals surface area contributed by atoms with Crippen molar-refractivity contribution in [3.8, 4) is 5.75 Å². The molecular weight excluding hydrogens is 382 g/mol. The SMILES string of the molecule is COc1ccccc1C1C2=C(Nc3c1c(=O)n(C)c(=O)n3C)c1ccccc1C2=O. The van der Waals surface area contributed by atoms with Gasteiger partial charge < -0.3 is 10.1 Å². The average Bonchev–Trinajstić information content (AvgIpc) is 3.07. The highest BCUT2D eigenvalue weighted by atomic mass is 16.5. The number of ether oxygens (including phenoxy) is 1. The van der Waals surface area contributed by atoms with Gasteiger partial charge in [-0.3, -0.25) is 18.7 Å². The Labute approximate surface area is 171 Å². The fourth-order valence-corrected chi connectivity index (χ4v) is 4.47. The fraction of sp³-hybridized carbons (Fsp3) is 0.174. The van der Waals surface area contributed by atoms with Crippen molar-refractivity contribution in [2.75, 3.05) is 12.4 Å². The molecule has 1 N–H and O–H groups in total. The Kier molecular flexibility index (Phi) is 3.83. The van der Waals surface area contributed by atoms with Crippen LogP contribution in [0.5, 0.6) is 5.75 Å². The summed E-state index contributed by atoms with van der Waals surface area (Å²) < 4.78 is 8.05. The molecule has 7 heteroatoms. The molecule has 3 aromatic rings. The molecule has 0 fully saturated rings. The van der Waals surface area contributed by atoms with Crippen LogP contribution in [0.25, 0.3) is 5.70 Å². The largest absolute Gasteiger partial charge is 0.496 e. The van der Waals surface area contributed by atoms with Gasteiger partial charge in [0.1, 0.15) is 11.6 Å². The summed E-state index contributed by atoms with van der Waals surface area (Å²) in [4.78, 5) is 39.3. The Hall–Kier alpha value is -3.87. The first-order chi connectivity index (χ1) is 14.5. The van der Waals surface area contributed by atoms with E-state index in [2.05, 4.69) is 5.32 Å². The molecule has 1 unspecified atom stereocenters. The van der Waals surface area contributed by atoms with Crippen molar-refractivity contribution in [3.05, 3.63) is 97.2 Å². The molecule has 1 aromatic heterocycles. The van der Waals surface area contributed by atoms with E-state index in [1.165, 1.54) is 11.6 Å². The Morgan fingerprint density at radius 1 is 0.900 bits per heavy atom. The van der Waals surface area contributed by atoms with E-state index in [9.17, 15) is 14.4 Å². The fourth-order valence-electron chi connectivity index (χ4n) is 4.47. The first-order valence-corrected chi connectivity index (χ1v) is 9.53. The third-order valence-electron chi connectivity index (χ3n) is 5.93. The Balaban J connectivity index is 1.92. The normalized spacial score (nSPS) is 16.6. The number of ketones is 1. The number of Topliss-reactive ketones (excluding diaryl/α,β-unsaturated/α-hetero) is 1. The van der Waals surface area contributed by atoms with Gasteiger partial charge in [-0.2, -0.15) is 0 Å². The summed E-state index contributed by atoms with van der Waals surface area (Å²) in [6.07, 6.45) is 0. The second-order valence-corrected chi connectivity index (χ2v) is 7.43. The van der Waals surface area contributed by atoms with Crippen molar-refractivity contribution >= 4 is 17.3 Å². The lowest BCUT2D eigenvalue weighted by Crippen LogP contribution is -2.42. The first kappa shape index (κ1) is 18.2. The molecule has 0 saturated carbocycles. The summed E-state index contributed by atoms with van der Waals surface area (Å²) in [5, 5.41) is 3.23. The molecule has 0 bridgehead atoms. The van der Waals surface area contributed by atoms with Crippen LogP contribution in [0.2, 0.25) is 0 Å². The summed E-state index contributed by atoms with van der Waals surface area (Å²) in [5.74, 6) is 0.160. The van der Waals surface area contributed by atoms with Crippen LogP contribution in [-0.4, -0.2) is 22.0 Å². The highest BCUT2D eigenvalue weighted by molar-refractivity contribution is 6.23. The van der Waals surface area contributed by atoms with Crippen LogP contribution in [0, 0.1) is 0 Å². The molecule has 5 rings (SSSR count). The van der Waals surface area contributed by atoms with Gasteiger partial charge in [0, 0.05) is 36.4 Å². The molecule has 2 heterocycles. The molecule has 1 atom stereocenters. The molecule has 0 spiro atoms. The van der Waals surface area contributed by atoms with Crippen molar-refractivity contribution in [3.63, 3.8) is 0 Å². The molecule has 0 amide bonds. The lowest BCUT2D eigenvalue weighted by Gasteiger charge is -2.30. The number of methoxy groups -OCH3 is 1. The Bertz CT molecular complexity index is 1390. The molecule has 7 nitrogen and oxygen atoms in total. The predicted octanol–water partition coefficient (Wildman–Crippen LogP) is 2.26. The molecule has 30 heavy (non-hydrogen) atoms. The minimum Gasteiger partial charge on any atom is -0.496 e. The van der Waals surface area contributed by atoms with Crippen molar-refractivity contribution < 1.29 is 9.53 Å². The number of carbonyl (C=O) groups is 1. The van der Waals surface area contributed by atoms with E-state index < -0.39 is 17.2 Å². The number of anilines is 1. The van der Waals surface area contributed by atoms with Gasteiger partial charge >= 0.3 is 5.69 Å². The van der Waals surface area contributed by atoms with Crippen LogP contribution in [0.15, 0.2) is 63.7 Å². The van der Waals surface area contributed by atoms with Crippen LogP contribution in [0.3, 0.4) is 0 Å². The zero-order chi connectivity index (χ0) is 21.2. The van der Waals surface area contributed by atoms with Gasteiger partial charge in [-0.05, 0) is 6.07 Å². The number of fused-ring (bicyclic) bond motifs is 3. The molecule has 1 aliphatic heterocycles. The van der Waals surface area contributed by atoms with E-state index >= 15 is 0 Å². The van der Waals surface area contributed by atoms with Crippen LogP contribution in [-0.2, 0) is 14.1 Å². The summed E-state index contributed by atoms with van der Waals surface area (Å²) >= 11 is 0. The number of carbonyl (C=O) groups excluding carboxylic acids is 1. The number of hydrogen-bond donors (Lipinski definition) is 1. The standard InChI is InChI=1S/C23H19N3O4/c1-25-21-18(22(28)26(2)23(25)29)16(14-10-6-7-11-15(14)30-3)17-19(24-21)12-8-4-5-9-13(12)20(17)27/h4-11,16,24H,1-3H3. The van der Waals surface area contributed by atoms with Crippen molar-refractivity contribution in [2.45, 2.75) is 5.92 Å². The molecule has 2 aromatic carbocycles. The van der Waals surface area contributed by atoms with Gasteiger partial charge in [-0.15, -0.1) is 0 Å². The number of nitrogens with one attached hydrogen (secondary N) is 1. The maximum absolute atomic E-state index is 13.5. The van der Waals surface area contributed by atoms with Gasteiger partial charge in [0.25, 0.3) is 5.56 Å². The molecular formula is C23H19N3O4. The maximum atomic E-state index is 13.5. The van der Waals surface area contributed by atoms with Crippen molar-refractivity contribution in [1.29, 1.82) is 0 Å². The Morgan fingerprint density at radius 2 is 1.57 bits per heavy atom. The van der Waals surface area contributed by atoms with Crippen LogP contribution in [0.4, 0.5) is 5.82 Å². The lowest BCUT2D eigenvalue weighted by atomic mass is 9.81. The zero-order valence-corrected chi connectivity index (χ0v) is 16.7. The predicted molar refractivity (Wildman–Crippen MR) is 113 cm³/mol. The third kappa shape index (κ3) is 2.23. The number of allylic oxidation sites excluding steroid dienone is 1. The minimum absolute atomic E-state index is 0.134. The summed E-state index contributed by atoms with van der Waals surface area (Å²) in [7, 11) is 4.61. The highest BCUT2D eigenvalue weighted by Crippen LogP contribution is 2.49. The summed E-state index contributed by atoms with van der Waals surface area (Å²) in [5.41, 5.74) is 2.63. The van der Waals surface area contributed by atoms with Gasteiger partial charge in [-0.25, -0.2) is 4.79 Å². The smallest absolute Gasteiger partial charge is 0.332 e. The number of nitrogens with zero attached hydrogens (tertiary/aromatic N) is 2. The average molecular weight is 401 g/mol. The second kappa shape index (κ2) is 6.32. The van der Waals surface area contributed by atoms with E-state index in [1.54, 1.807) is 26.3 Å². The van der Waals surface area contributed by atoms with Crippen molar-refractivity contribution in [1.82, 2.24) is 9.13 Å². The summed E-state index contributed by atoms with van der Waals surface area (Å²) in [6.45, 7) is 0. The van der Waals surface area contributed by atoms with E-state index in [0.717, 1.165) is 10.1 Å². The van der Waals surface area contributed by atoms with E-state index in [-0.39, 0.29) is 5.78 Å². The number of hydrogen-bond acceptors (Lipinski definition) is 5. The number of rotatable bonds is 2. The quantitative estimate of drug-likeness (QED) is 0.712. The minimum atomic E-state index is -0.669. The lowest BCUT2D eigenvalue weighted by molar-refractivity contribution is 0.103. The number of benzene rings is 2. The monoisotopic (exact) mass is 401 g/mol. The molecule has 150 valence electrons. The van der Waals surface area contributed by atoms with E-state index in [1.807, 2.05) is 36.4 Å². The van der Waals surface area contributed by atoms with E-state index in [4.69, 9.17) is 4.74 Å². The Morgan fingerprint density at radius 3 is 2.30 bits per heavy atom. The second-order valence-electron chi connectivity index (χ2n) is 7.43. The third-order valence-corrected chi connectivity index (χ3v) is 5.93. The topological polar surface area (TPSA) is 82.3 Å². The van der Waals surface area contributed by atoms with E-state index in [0.29, 0.717) is 39.5 Å². The van der Waals surface area contributed by atoms with Crippen LogP contribution < -0.4 is 21.3 Å². The summed E-state index contributed by atoms with van der Waals surface area (Å²) in [6, 6.07) is 14.7. The van der Waals surface area contributed by atoms with Crippen LogP contribution in [0.1, 0.15) is 33.0 Å². The molecule has 0 saturated heterocycles. The highest BCUT2D eigenvalue weighted by Gasteiger charge is 2.43. The number of para-hydroxylation sites is 1.